The van der Waals surface area contributed by atoms with Crippen molar-refractivity contribution < 1.29 is 9.62 Å². The summed E-state index contributed by atoms with van der Waals surface area (Å²) in [4.78, 5) is 13.9. The minimum absolute atomic E-state index is 0.0575. The molecule has 3 rings (SSSR count). The van der Waals surface area contributed by atoms with Crippen molar-refractivity contribution in [3.8, 4) is 0 Å². The molecular weight excluding hydrogens is 324 g/mol. The van der Waals surface area contributed by atoms with Crippen LogP contribution in [0.3, 0.4) is 0 Å². The molecule has 7 heteroatoms. The van der Waals surface area contributed by atoms with E-state index in [1.807, 2.05) is 12.2 Å². The number of hydrogen-bond donors (Lipinski definition) is 1. The standard InChI is InChI=1S/C17H18N4O2S/c1-17(2,3)14-11-18-15(23-14)5-4-13-10-19-16(24-13)20-12-6-8-21(22)9-7-12/h4-11,22H,1-3H3/b5-4+. The van der Waals surface area contributed by atoms with E-state index in [2.05, 4.69) is 35.7 Å². The smallest absolute Gasteiger partial charge is 0.218 e. The van der Waals surface area contributed by atoms with Crippen LogP contribution >= 0.6 is 11.3 Å². The maximum atomic E-state index is 9.20. The lowest BCUT2D eigenvalue weighted by Crippen LogP contribution is -2.09. The Morgan fingerprint density at radius 1 is 1.17 bits per heavy atom. The monoisotopic (exact) mass is 342 g/mol. The number of hydrogen-bond acceptors (Lipinski definition) is 6. The first-order chi connectivity index (χ1) is 11.4. The lowest BCUT2D eigenvalue weighted by molar-refractivity contribution is 0.184. The minimum Gasteiger partial charge on any atom is -0.441 e. The zero-order valence-corrected chi connectivity index (χ0v) is 14.5. The van der Waals surface area contributed by atoms with Crippen LogP contribution in [0.25, 0.3) is 12.2 Å². The third kappa shape index (κ3) is 3.99. The Kier molecular flexibility index (Phi) is 4.35. The highest BCUT2D eigenvalue weighted by Crippen LogP contribution is 2.25. The number of aromatic nitrogens is 3. The molecule has 0 aliphatic rings. The van der Waals surface area contributed by atoms with E-state index in [1.165, 1.54) is 23.7 Å². The molecule has 0 amide bonds. The number of oxazole rings is 1. The van der Waals surface area contributed by atoms with E-state index in [4.69, 9.17) is 4.42 Å². The Bertz CT molecular complexity index is 908. The third-order valence-corrected chi connectivity index (χ3v) is 4.04. The fourth-order valence-electron chi connectivity index (χ4n) is 1.87. The van der Waals surface area contributed by atoms with Crippen LogP contribution in [0.15, 0.2) is 46.3 Å². The van der Waals surface area contributed by atoms with Crippen molar-refractivity contribution in [2.75, 3.05) is 0 Å². The average molecular weight is 342 g/mol. The van der Waals surface area contributed by atoms with Gasteiger partial charge in [0.05, 0.1) is 11.6 Å². The van der Waals surface area contributed by atoms with Gasteiger partial charge in [-0.2, -0.15) is 0 Å². The van der Waals surface area contributed by atoms with E-state index >= 15 is 0 Å². The molecule has 124 valence electrons. The van der Waals surface area contributed by atoms with Gasteiger partial charge in [-0.25, -0.2) is 19.7 Å². The zero-order valence-electron chi connectivity index (χ0n) is 13.7. The van der Waals surface area contributed by atoms with Gasteiger partial charge in [0.1, 0.15) is 5.76 Å². The summed E-state index contributed by atoms with van der Waals surface area (Å²) in [5.41, 5.74) is -0.0575. The molecule has 0 unspecified atom stereocenters. The van der Waals surface area contributed by atoms with Crippen LogP contribution in [0.5, 0.6) is 0 Å². The van der Waals surface area contributed by atoms with Crippen LogP contribution in [0.2, 0.25) is 0 Å². The fraction of sp³-hybridized carbons (Fsp3) is 0.235. The molecule has 0 spiro atoms. The molecule has 0 radical (unpaired) electrons. The number of nitrogens with zero attached hydrogens (tertiary/aromatic N) is 4. The maximum Gasteiger partial charge on any atom is 0.218 e. The van der Waals surface area contributed by atoms with Gasteiger partial charge in [-0.1, -0.05) is 32.1 Å². The van der Waals surface area contributed by atoms with Gasteiger partial charge in [0, 0.05) is 35.0 Å². The van der Waals surface area contributed by atoms with Gasteiger partial charge in [-0.3, -0.25) is 0 Å². The minimum atomic E-state index is -0.0575. The highest BCUT2D eigenvalue weighted by molar-refractivity contribution is 7.16. The summed E-state index contributed by atoms with van der Waals surface area (Å²) in [6.07, 6.45) is 10.3. The quantitative estimate of drug-likeness (QED) is 0.733. The lowest BCUT2D eigenvalue weighted by atomic mass is 9.94. The first-order valence-electron chi connectivity index (χ1n) is 7.43. The predicted octanol–water partition coefficient (Wildman–Crippen LogP) is 3.87. The van der Waals surface area contributed by atoms with E-state index in [-0.39, 0.29) is 5.41 Å². The third-order valence-electron chi connectivity index (χ3n) is 3.19. The molecule has 0 bridgehead atoms. The molecule has 3 aromatic rings. The fourth-order valence-corrected chi connectivity index (χ4v) is 2.57. The first kappa shape index (κ1) is 16.2. The van der Waals surface area contributed by atoms with Crippen LogP contribution in [0.4, 0.5) is 5.13 Å². The predicted molar refractivity (Wildman–Crippen MR) is 93.1 cm³/mol. The van der Waals surface area contributed by atoms with Crippen LogP contribution in [0, 0.1) is 0 Å². The Labute approximate surface area is 143 Å². The van der Waals surface area contributed by atoms with Gasteiger partial charge in [-0.05, 0) is 18.2 Å². The molecule has 0 fully saturated rings. The molecule has 3 aromatic heterocycles. The zero-order chi connectivity index (χ0) is 17.2. The first-order valence-corrected chi connectivity index (χ1v) is 8.24. The summed E-state index contributed by atoms with van der Waals surface area (Å²) in [6.45, 7) is 6.25. The molecule has 24 heavy (non-hydrogen) atoms. The summed E-state index contributed by atoms with van der Waals surface area (Å²) in [7, 11) is 0. The number of pyridine rings is 1. The van der Waals surface area contributed by atoms with Crippen molar-refractivity contribution in [3.63, 3.8) is 0 Å². The molecule has 0 aliphatic heterocycles. The topological polar surface area (TPSA) is 76.4 Å². The Hall–Kier alpha value is -2.67. The number of rotatable bonds is 3. The van der Waals surface area contributed by atoms with Crippen LogP contribution in [-0.2, 0) is 5.41 Å². The molecule has 1 N–H and O–H groups in total. The van der Waals surface area contributed by atoms with Gasteiger partial charge >= 0.3 is 0 Å². The summed E-state index contributed by atoms with van der Waals surface area (Å²) >= 11 is 1.46. The molecule has 3 heterocycles. The van der Waals surface area contributed by atoms with E-state index in [9.17, 15) is 5.21 Å². The van der Waals surface area contributed by atoms with Crippen molar-refractivity contribution in [3.05, 3.63) is 58.8 Å². The van der Waals surface area contributed by atoms with Gasteiger partial charge < -0.3 is 9.62 Å². The molecular formula is C17H18N4O2S. The van der Waals surface area contributed by atoms with Gasteiger partial charge in [0.15, 0.2) is 0 Å². The SMILES string of the molecule is CC(C)(C)c1cnc(/C=C/c2cnc(N=c3ccn(O)cc3)s2)o1. The van der Waals surface area contributed by atoms with Crippen molar-refractivity contribution in [1.82, 2.24) is 14.7 Å². The second-order valence-electron chi connectivity index (χ2n) is 6.24. The van der Waals surface area contributed by atoms with Gasteiger partial charge in [0.2, 0.25) is 11.0 Å². The second kappa shape index (κ2) is 6.45. The van der Waals surface area contributed by atoms with Crippen molar-refractivity contribution in [1.29, 1.82) is 0 Å². The lowest BCUT2D eigenvalue weighted by Gasteiger charge is -2.12. The largest absolute Gasteiger partial charge is 0.441 e. The van der Waals surface area contributed by atoms with Gasteiger partial charge in [-0.15, -0.1) is 0 Å². The number of thiazole rings is 1. The summed E-state index contributed by atoms with van der Waals surface area (Å²) in [5.74, 6) is 1.43. The summed E-state index contributed by atoms with van der Waals surface area (Å²) in [6, 6.07) is 3.41. The van der Waals surface area contributed by atoms with Crippen molar-refractivity contribution in [2.24, 2.45) is 4.99 Å². The highest BCUT2D eigenvalue weighted by Gasteiger charge is 2.18. The van der Waals surface area contributed by atoms with E-state index in [0.29, 0.717) is 11.0 Å². The second-order valence-corrected chi connectivity index (χ2v) is 7.28. The summed E-state index contributed by atoms with van der Waals surface area (Å²) in [5, 5.41) is 10.6. The molecule has 0 atom stereocenters. The average Bonchev–Trinajstić information content (AvgIpc) is 3.16. The van der Waals surface area contributed by atoms with Gasteiger partial charge in [0.25, 0.3) is 0 Å². The Morgan fingerprint density at radius 3 is 2.58 bits per heavy atom. The van der Waals surface area contributed by atoms with Crippen molar-refractivity contribution >= 4 is 28.6 Å². The van der Waals surface area contributed by atoms with Crippen molar-refractivity contribution in [2.45, 2.75) is 26.2 Å². The molecule has 0 aromatic carbocycles. The van der Waals surface area contributed by atoms with Crippen LogP contribution in [-0.4, -0.2) is 19.9 Å². The molecule has 0 saturated heterocycles. The van der Waals surface area contributed by atoms with Crippen LogP contribution in [0.1, 0.15) is 37.3 Å². The Balaban J connectivity index is 1.75. The molecule has 0 aliphatic carbocycles. The van der Waals surface area contributed by atoms with Crippen LogP contribution < -0.4 is 5.36 Å². The maximum absolute atomic E-state index is 9.20. The summed E-state index contributed by atoms with van der Waals surface area (Å²) < 4.78 is 6.69. The highest BCUT2D eigenvalue weighted by atomic mass is 32.1. The Morgan fingerprint density at radius 2 is 1.92 bits per heavy atom. The van der Waals surface area contributed by atoms with E-state index < -0.39 is 0 Å². The normalized spacial score (nSPS) is 12.0. The molecule has 0 saturated carbocycles. The van der Waals surface area contributed by atoms with E-state index in [0.717, 1.165) is 20.7 Å². The molecule has 6 nitrogen and oxygen atoms in total. The van der Waals surface area contributed by atoms with E-state index in [1.54, 1.807) is 24.5 Å².